The number of likely N-dealkylation sites (N-methyl/N-ethyl adjacent to an activating group) is 1. The van der Waals surface area contributed by atoms with Gasteiger partial charge in [-0.25, -0.2) is 4.99 Å². The summed E-state index contributed by atoms with van der Waals surface area (Å²) in [5.41, 5.74) is 7.86. The Labute approximate surface area is 203 Å². The first-order valence-electron chi connectivity index (χ1n) is 10.9. The van der Waals surface area contributed by atoms with Crippen molar-refractivity contribution < 1.29 is 4.79 Å². The van der Waals surface area contributed by atoms with Crippen molar-refractivity contribution in [1.29, 1.82) is 10.5 Å². The summed E-state index contributed by atoms with van der Waals surface area (Å²) in [5, 5.41) is 18.7. The van der Waals surface area contributed by atoms with Gasteiger partial charge in [-0.15, -0.1) is 11.3 Å². The average molecular weight is 468 g/mol. The van der Waals surface area contributed by atoms with Crippen LogP contribution >= 0.6 is 11.3 Å². The number of aliphatic imine (C=N–C) groups is 1. The second-order valence-electron chi connectivity index (χ2n) is 9.16. The van der Waals surface area contributed by atoms with E-state index in [4.69, 9.17) is 10.7 Å². The van der Waals surface area contributed by atoms with Crippen LogP contribution in [0.1, 0.15) is 48.3 Å². The van der Waals surface area contributed by atoms with E-state index in [9.17, 15) is 15.3 Å². The predicted octanol–water partition coefficient (Wildman–Crippen LogP) is 4.87. The number of amides is 1. The first-order valence-corrected chi connectivity index (χ1v) is 11.7. The predicted molar refractivity (Wildman–Crippen MR) is 134 cm³/mol. The number of nitrogens with two attached hydrogens (primary N) is 1. The first-order chi connectivity index (χ1) is 16.1. The maximum atomic E-state index is 13.5. The van der Waals surface area contributed by atoms with Crippen LogP contribution in [0.25, 0.3) is 10.4 Å². The normalized spacial score (nSPS) is 20.4. The smallest absolute Gasteiger partial charge is 0.239 e. The zero-order chi connectivity index (χ0) is 24.7. The fourth-order valence-electron chi connectivity index (χ4n) is 4.25. The molecule has 2 atom stereocenters. The molecule has 1 aromatic heterocycles. The van der Waals surface area contributed by atoms with Crippen molar-refractivity contribution >= 4 is 23.2 Å². The van der Waals surface area contributed by atoms with Crippen molar-refractivity contribution in [2.75, 3.05) is 7.05 Å². The van der Waals surface area contributed by atoms with Crippen LogP contribution < -0.4 is 5.73 Å². The minimum atomic E-state index is -0.907. The van der Waals surface area contributed by atoms with Gasteiger partial charge in [0.25, 0.3) is 0 Å². The van der Waals surface area contributed by atoms with Crippen molar-refractivity contribution in [3.05, 3.63) is 82.2 Å². The molecule has 0 saturated carbocycles. The van der Waals surface area contributed by atoms with E-state index in [2.05, 4.69) is 12.1 Å². The van der Waals surface area contributed by atoms with Crippen molar-refractivity contribution in [2.24, 2.45) is 10.7 Å². The minimum Gasteiger partial charge on any atom is -0.369 e. The molecule has 34 heavy (non-hydrogen) atoms. The first kappa shape index (κ1) is 23.2. The van der Waals surface area contributed by atoms with Crippen molar-refractivity contribution in [3.8, 4) is 22.6 Å². The topological polar surface area (TPSA) is 106 Å². The van der Waals surface area contributed by atoms with Gasteiger partial charge in [0.1, 0.15) is 5.54 Å². The summed E-state index contributed by atoms with van der Waals surface area (Å²) in [6.07, 6.45) is 0. The van der Waals surface area contributed by atoms with Crippen LogP contribution in [0, 0.1) is 22.7 Å². The van der Waals surface area contributed by atoms with E-state index in [1.54, 1.807) is 13.1 Å². The second kappa shape index (κ2) is 8.44. The number of hydrogen-bond acceptors (Lipinski definition) is 6. The van der Waals surface area contributed by atoms with Gasteiger partial charge in [0.05, 0.1) is 29.0 Å². The second-order valence-corrected chi connectivity index (χ2v) is 10.2. The van der Waals surface area contributed by atoms with E-state index in [1.165, 1.54) is 16.2 Å². The molecule has 6 nitrogen and oxygen atoms in total. The molecule has 0 spiro atoms. The van der Waals surface area contributed by atoms with Gasteiger partial charge in [-0.2, -0.15) is 10.5 Å². The van der Waals surface area contributed by atoms with Crippen molar-refractivity contribution in [2.45, 2.75) is 37.6 Å². The molecule has 7 heteroatoms. The number of nitrogens with zero attached hydrogens (tertiary/aromatic N) is 4. The number of carbonyl (C=O) groups is 1. The average Bonchev–Trinajstić information content (AvgIpc) is 3.34. The molecule has 0 bridgehead atoms. The van der Waals surface area contributed by atoms with Gasteiger partial charge < -0.3 is 5.73 Å². The molecule has 0 saturated heterocycles. The summed E-state index contributed by atoms with van der Waals surface area (Å²) < 4.78 is 0. The molecule has 1 amide bonds. The van der Waals surface area contributed by atoms with Gasteiger partial charge in [0, 0.05) is 16.8 Å². The van der Waals surface area contributed by atoms with Crippen molar-refractivity contribution in [3.63, 3.8) is 0 Å². The van der Waals surface area contributed by atoms with E-state index in [0.29, 0.717) is 5.56 Å². The maximum Gasteiger partial charge on any atom is 0.239 e. The summed E-state index contributed by atoms with van der Waals surface area (Å²) in [5.74, 6) is -0.544. The van der Waals surface area contributed by atoms with E-state index in [0.717, 1.165) is 26.4 Å². The lowest BCUT2D eigenvalue weighted by atomic mass is 9.76. The third-order valence-electron chi connectivity index (χ3n) is 6.46. The van der Waals surface area contributed by atoms with Crippen LogP contribution in [-0.2, 0) is 15.7 Å². The number of benzene rings is 2. The molecule has 4 rings (SSSR count). The largest absolute Gasteiger partial charge is 0.369 e. The van der Waals surface area contributed by atoms with Crippen LogP contribution in [0.4, 0.5) is 0 Å². The third-order valence-corrected chi connectivity index (χ3v) is 7.82. The highest BCUT2D eigenvalue weighted by Gasteiger charge is 2.48. The highest BCUT2D eigenvalue weighted by Crippen LogP contribution is 2.47. The Morgan fingerprint density at radius 3 is 2.47 bits per heavy atom. The molecule has 2 N–H and O–H groups in total. The van der Waals surface area contributed by atoms with Crippen LogP contribution in [-0.4, -0.2) is 23.8 Å². The lowest BCUT2D eigenvalue weighted by molar-refractivity contribution is -0.130. The number of guanidine groups is 1. The molecule has 1 unspecified atom stereocenters. The minimum absolute atomic E-state index is 0.135. The molecule has 2 aromatic carbocycles. The molecule has 0 aliphatic carbocycles. The molecule has 1 aliphatic heterocycles. The van der Waals surface area contributed by atoms with E-state index in [-0.39, 0.29) is 11.9 Å². The Hall–Kier alpha value is -3.94. The fourth-order valence-corrected chi connectivity index (χ4v) is 5.38. The van der Waals surface area contributed by atoms with Gasteiger partial charge in [-0.05, 0) is 61.7 Å². The molecule has 0 radical (unpaired) electrons. The number of hydrogen-bond donors (Lipinski definition) is 1. The maximum absolute atomic E-state index is 13.5. The van der Waals surface area contributed by atoms with Crippen LogP contribution in [0.2, 0.25) is 0 Å². The number of carbonyl (C=O) groups excluding carboxylic acids is 1. The quantitative estimate of drug-likeness (QED) is 0.590. The highest BCUT2D eigenvalue weighted by molar-refractivity contribution is 7.15. The van der Waals surface area contributed by atoms with Gasteiger partial charge in [-0.1, -0.05) is 36.4 Å². The molecule has 170 valence electrons. The molecule has 2 heterocycles. The Morgan fingerprint density at radius 2 is 1.82 bits per heavy atom. The summed E-state index contributed by atoms with van der Waals surface area (Å²) in [7, 11) is 1.63. The van der Waals surface area contributed by atoms with E-state index < -0.39 is 16.9 Å². The number of nitriles is 2. The van der Waals surface area contributed by atoms with Crippen LogP contribution in [0.3, 0.4) is 0 Å². The molecular weight excluding hydrogens is 442 g/mol. The van der Waals surface area contributed by atoms with E-state index in [1.807, 2.05) is 75.4 Å². The van der Waals surface area contributed by atoms with Crippen molar-refractivity contribution in [1.82, 2.24) is 4.90 Å². The number of rotatable bonds is 4. The van der Waals surface area contributed by atoms with Gasteiger partial charge >= 0.3 is 0 Å². The zero-order valence-corrected chi connectivity index (χ0v) is 20.4. The molecular formula is C27H25N5OS. The van der Waals surface area contributed by atoms with Gasteiger partial charge in [0.2, 0.25) is 5.91 Å². The Morgan fingerprint density at radius 1 is 1.12 bits per heavy atom. The number of thiophene rings is 1. The standard InChI is InChI=1S/C27H25N5OS/c1-26(2,16-29)20-10-8-18(9-11-20)23-24(33)32(4)25(30)31-27(23,3)22-13-12-21(34-22)19-7-5-6-17(14-19)15-28/h5-14,23H,1-4H3,(H2,30,31)/t23?,27-/m0/s1. The summed E-state index contributed by atoms with van der Waals surface area (Å²) in [6, 6.07) is 23.5. The molecule has 0 fully saturated rings. The Balaban J connectivity index is 1.81. The van der Waals surface area contributed by atoms with Gasteiger partial charge in [-0.3, -0.25) is 9.69 Å². The summed E-state index contributed by atoms with van der Waals surface area (Å²) >= 11 is 1.54. The van der Waals surface area contributed by atoms with E-state index >= 15 is 0 Å². The fraction of sp³-hybridized carbons (Fsp3) is 0.259. The SMILES string of the molecule is CN1C(=O)C(c2ccc(C(C)(C)C#N)cc2)[C@](C)(c2ccc(-c3cccc(C#N)c3)s2)N=C1N. The zero-order valence-electron chi connectivity index (χ0n) is 19.5. The summed E-state index contributed by atoms with van der Waals surface area (Å²) in [6.45, 7) is 5.67. The lowest BCUT2D eigenvalue weighted by Crippen LogP contribution is -2.52. The van der Waals surface area contributed by atoms with Crippen LogP contribution in [0.5, 0.6) is 0 Å². The van der Waals surface area contributed by atoms with Gasteiger partial charge in [0.15, 0.2) is 5.96 Å². The highest BCUT2D eigenvalue weighted by atomic mass is 32.1. The van der Waals surface area contributed by atoms with Crippen LogP contribution in [0.15, 0.2) is 65.7 Å². The monoisotopic (exact) mass is 467 g/mol. The lowest BCUT2D eigenvalue weighted by Gasteiger charge is -2.40. The molecule has 3 aromatic rings. The molecule has 1 aliphatic rings. The Kier molecular flexibility index (Phi) is 5.77. The summed E-state index contributed by atoms with van der Waals surface area (Å²) in [4.78, 5) is 21.6. The Bertz CT molecular complexity index is 1370. The third kappa shape index (κ3) is 3.85.